The van der Waals surface area contributed by atoms with Crippen LogP contribution in [0.5, 0.6) is 0 Å². The van der Waals surface area contributed by atoms with Crippen molar-refractivity contribution in [3.63, 3.8) is 0 Å². The molecule has 0 radical (unpaired) electrons. The number of carbonyl (C=O) groups excluding carboxylic acids is 2. The molecule has 2 N–H and O–H groups in total. The van der Waals surface area contributed by atoms with Gasteiger partial charge in [0, 0.05) is 41.5 Å². The van der Waals surface area contributed by atoms with E-state index in [-0.39, 0.29) is 16.8 Å². The van der Waals surface area contributed by atoms with E-state index >= 15 is 0 Å². The van der Waals surface area contributed by atoms with Gasteiger partial charge in [0.05, 0.1) is 17.6 Å². The van der Waals surface area contributed by atoms with Crippen LogP contribution in [0.25, 0.3) is 5.69 Å². The number of rotatable bonds is 5. The molecule has 0 aliphatic rings. The number of hydrogen-bond donors (Lipinski definition) is 2. The van der Waals surface area contributed by atoms with Crippen LogP contribution in [0, 0.1) is 14.9 Å². The van der Waals surface area contributed by atoms with E-state index < -0.39 is 16.8 Å². The average Bonchev–Trinajstić information content (AvgIpc) is 3.13. The lowest BCUT2D eigenvalue weighted by Crippen LogP contribution is -2.14. The Morgan fingerprint density at radius 3 is 2.61 bits per heavy atom. The summed E-state index contributed by atoms with van der Waals surface area (Å²) in [4.78, 5) is 37.6. The summed E-state index contributed by atoms with van der Waals surface area (Å²) in [5.74, 6) is -1.38. The van der Waals surface area contributed by atoms with Gasteiger partial charge in [0.2, 0.25) is 0 Å². The number of amides is 1. The molecule has 3 aromatic rings. The number of nitrogens with one attached hydrogen (secondary N) is 2. The van der Waals surface area contributed by atoms with Crippen LogP contribution in [0.3, 0.4) is 0 Å². The Balaban J connectivity index is 1.92. The molecule has 1 heterocycles. The van der Waals surface area contributed by atoms with E-state index in [1.165, 1.54) is 6.07 Å². The molecule has 0 saturated heterocycles. The van der Waals surface area contributed by atoms with Crippen LogP contribution < -0.4 is 5.32 Å². The smallest absolute Gasteiger partial charge is 0.338 e. The maximum atomic E-state index is 12.6. The van der Waals surface area contributed by atoms with Gasteiger partial charge >= 0.3 is 5.97 Å². The Morgan fingerprint density at radius 1 is 1.21 bits per heavy atom. The standard InChI is InChI=1S/C18H14N4O5S/c1-27-17(24)12-7-11(8-15(9-12)22(25)26)16(23)20-13-3-2-4-14(10-13)21-6-5-19-18(21)28/h2-10H,1H3,(H,19,28)(H,20,23). The van der Waals surface area contributed by atoms with E-state index in [9.17, 15) is 19.7 Å². The zero-order valence-corrected chi connectivity index (χ0v) is 15.4. The van der Waals surface area contributed by atoms with Gasteiger partial charge in [0.25, 0.3) is 11.6 Å². The third-order valence-electron chi connectivity index (χ3n) is 3.84. The van der Waals surface area contributed by atoms with Gasteiger partial charge in [-0.2, -0.15) is 0 Å². The summed E-state index contributed by atoms with van der Waals surface area (Å²) in [7, 11) is 1.15. The predicted octanol–water partition coefficient (Wildman–Crippen LogP) is 3.48. The summed E-state index contributed by atoms with van der Waals surface area (Å²) in [6.07, 6.45) is 3.43. The van der Waals surface area contributed by atoms with Gasteiger partial charge in [-0.1, -0.05) is 6.07 Å². The molecule has 142 valence electrons. The van der Waals surface area contributed by atoms with Gasteiger partial charge in [-0.3, -0.25) is 19.5 Å². The van der Waals surface area contributed by atoms with Crippen LogP contribution in [0.1, 0.15) is 20.7 Å². The number of benzene rings is 2. The summed E-state index contributed by atoms with van der Waals surface area (Å²) in [6, 6.07) is 10.3. The van der Waals surface area contributed by atoms with Crippen LogP contribution in [-0.4, -0.2) is 33.5 Å². The summed E-state index contributed by atoms with van der Waals surface area (Å²) in [6.45, 7) is 0. The maximum Gasteiger partial charge on any atom is 0.338 e. The van der Waals surface area contributed by atoms with E-state index in [1.54, 1.807) is 35.2 Å². The fourth-order valence-corrected chi connectivity index (χ4v) is 2.78. The van der Waals surface area contributed by atoms with Gasteiger partial charge in [0.15, 0.2) is 4.77 Å². The molecule has 0 atom stereocenters. The summed E-state index contributed by atoms with van der Waals surface area (Å²) < 4.78 is 6.79. The third kappa shape index (κ3) is 3.96. The SMILES string of the molecule is COC(=O)c1cc(C(=O)Nc2cccc(-n3cc[nH]c3=S)c2)cc([N+](=O)[O-])c1. The van der Waals surface area contributed by atoms with Gasteiger partial charge in [-0.25, -0.2) is 4.79 Å². The Bertz CT molecular complexity index is 1130. The molecular weight excluding hydrogens is 384 g/mol. The van der Waals surface area contributed by atoms with Crippen molar-refractivity contribution in [3.05, 3.63) is 80.9 Å². The normalized spacial score (nSPS) is 10.3. The molecule has 0 bridgehead atoms. The van der Waals surface area contributed by atoms with E-state index in [1.807, 2.05) is 6.07 Å². The summed E-state index contributed by atoms with van der Waals surface area (Å²) >= 11 is 5.18. The average molecular weight is 398 g/mol. The molecule has 0 spiro atoms. The van der Waals surface area contributed by atoms with Gasteiger partial charge in [0.1, 0.15) is 0 Å². The van der Waals surface area contributed by atoms with Crippen molar-refractivity contribution in [2.45, 2.75) is 0 Å². The van der Waals surface area contributed by atoms with E-state index in [0.717, 1.165) is 24.9 Å². The number of non-ortho nitro benzene ring substituents is 1. The molecule has 28 heavy (non-hydrogen) atoms. The van der Waals surface area contributed by atoms with Crippen molar-refractivity contribution in [2.75, 3.05) is 12.4 Å². The quantitative estimate of drug-likeness (QED) is 0.294. The molecule has 0 fully saturated rings. The molecule has 0 saturated carbocycles. The molecule has 1 aromatic heterocycles. The molecule has 10 heteroatoms. The molecule has 0 unspecified atom stereocenters. The number of H-pyrrole nitrogens is 1. The number of nitrogens with zero attached hydrogens (tertiary/aromatic N) is 2. The molecule has 2 aromatic carbocycles. The van der Waals surface area contributed by atoms with E-state index in [4.69, 9.17) is 12.2 Å². The minimum atomic E-state index is -0.776. The second-order valence-corrected chi connectivity index (χ2v) is 6.04. The highest BCUT2D eigenvalue weighted by Crippen LogP contribution is 2.20. The van der Waals surface area contributed by atoms with Gasteiger partial charge in [-0.15, -0.1) is 0 Å². The monoisotopic (exact) mass is 398 g/mol. The number of carbonyl (C=O) groups is 2. The molecule has 0 aliphatic heterocycles. The third-order valence-corrected chi connectivity index (χ3v) is 4.16. The number of anilines is 1. The van der Waals surface area contributed by atoms with Crippen LogP contribution in [-0.2, 0) is 4.74 Å². The van der Waals surface area contributed by atoms with Crippen molar-refractivity contribution >= 4 is 35.5 Å². The summed E-state index contributed by atoms with van der Waals surface area (Å²) in [5.41, 5.74) is 0.656. The lowest BCUT2D eigenvalue weighted by atomic mass is 10.1. The van der Waals surface area contributed by atoms with Crippen molar-refractivity contribution in [1.82, 2.24) is 9.55 Å². The van der Waals surface area contributed by atoms with Crippen molar-refractivity contribution in [3.8, 4) is 5.69 Å². The number of hydrogen-bond acceptors (Lipinski definition) is 6. The highest BCUT2D eigenvalue weighted by atomic mass is 32.1. The maximum absolute atomic E-state index is 12.6. The number of aromatic nitrogens is 2. The van der Waals surface area contributed by atoms with Crippen LogP contribution in [0.15, 0.2) is 54.9 Å². The Labute approximate surface area is 163 Å². The highest BCUT2D eigenvalue weighted by Gasteiger charge is 2.18. The molecule has 0 aliphatic carbocycles. The predicted molar refractivity (Wildman–Crippen MR) is 103 cm³/mol. The minimum absolute atomic E-state index is 0.0433. The second-order valence-electron chi connectivity index (χ2n) is 5.66. The second kappa shape index (κ2) is 7.84. The Kier molecular flexibility index (Phi) is 5.32. The Hall–Kier alpha value is -3.79. The number of imidazole rings is 1. The number of nitro groups is 1. The first-order valence-corrected chi connectivity index (χ1v) is 8.35. The van der Waals surface area contributed by atoms with E-state index in [2.05, 4.69) is 15.0 Å². The topological polar surface area (TPSA) is 119 Å². The van der Waals surface area contributed by atoms with Crippen molar-refractivity contribution < 1.29 is 19.2 Å². The molecule has 3 rings (SSSR count). The number of ether oxygens (including phenoxy) is 1. The first-order valence-electron chi connectivity index (χ1n) is 7.94. The first-order chi connectivity index (χ1) is 13.4. The van der Waals surface area contributed by atoms with Gasteiger partial charge < -0.3 is 15.0 Å². The molecule has 1 amide bonds. The van der Waals surface area contributed by atoms with Crippen LogP contribution in [0.2, 0.25) is 0 Å². The number of esters is 1. The number of methoxy groups -OCH3 is 1. The van der Waals surface area contributed by atoms with Crippen molar-refractivity contribution in [1.29, 1.82) is 0 Å². The van der Waals surface area contributed by atoms with Crippen LogP contribution >= 0.6 is 12.2 Å². The number of aromatic amines is 1. The largest absolute Gasteiger partial charge is 0.465 e. The minimum Gasteiger partial charge on any atom is -0.465 e. The Morgan fingerprint density at radius 2 is 1.96 bits per heavy atom. The zero-order valence-electron chi connectivity index (χ0n) is 14.5. The number of nitro benzene ring substituents is 1. The van der Waals surface area contributed by atoms with Gasteiger partial charge in [-0.05, 0) is 36.5 Å². The fraction of sp³-hybridized carbons (Fsp3) is 0.0556. The van der Waals surface area contributed by atoms with Crippen LogP contribution in [0.4, 0.5) is 11.4 Å². The lowest BCUT2D eigenvalue weighted by molar-refractivity contribution is -0.384. The molecular formula is C18H14N4O5S. The van der Waals surface area contributed by atoms with Crippen molar-refractivity contribution in [2.24, 2.45) is 0 Å². The summed E-state index contributed by atoms with van der Waals surface area (Å²) in [5, 5.41) is 13.8. The molecule has 9 nitrogen and oxygen atoms in total. The highest BCUT2D eigenvalue weighted by molar-refractivity contribution is 7.71. The zero-order chi connectivity index (χ0) is 20.3. The van der Waals surface area contributed by atoms with E-state index in [0.29, 0.717) is 10.5 Å². The first kappa shape index (κ1) is 19.0. The lowest BCUT2D eigenvalue weighted by Gasteiger charge is -2.09. The fourth-order valence-electron chi connectivity index (χ4n) is 2.54.